The third kappa shape index (κ3) is 3.04. The maximum absolute atomic E-state index is 6.60. The number of halogens is 2. The zero-order chi connectivity index (χ0) is 15.8. The monoisotopic (exact) mass is 417 g/mol. The summed E-state index contributed by atoms with van der Waals surface area (Å²) < 4.78 is 0.404. The molecule has 0 aromatic heterocycles. The Kier molecular flexibility index (Phi) is 4.64. The quantitative estimate of drug-likeness (QED) is 0.517. The van der Waals surface area contributed by atoms with Crippen LogP contribution in [0.3, 0.4) is 0 Å². The van der Waals surface area contributed by atoms with E-state index >= 15 is 0 Å². The number of hydrogen-bond donors (Lipinski definition) is 0. The van der Waals surface area contributed by atoms with Crippen molar-refractivity contribution in [1.82, 2.24) is 0 Å². The minimum atomic E-state index is -2.40. The minimum absolute atomic E-state index is 0.386. The van der Waals surface area contributed by atoms with Crippen molar-refractivity contribution >= 4 is 29.2 Å². The van der Waals surface area contributed by atoms with Gasteiger partial charge in [-0.15, -0.1) is 0 Å². The average molecular weight is 419 g/mol. The zero-order valence-corrected chi connectivity index (χ0v) is 16.6. The average Bonchev–Trinajstić information content (AvgIpc) is 3.16. The van der Waals surface area contributed by atoms with E-state index in [4.69, 9.17) is 17.0 Å². The van der Waals surface area contributed by atoms with Crippen LogP contribution in [0.25, 0.3) is 12.2 Å². The topological polar surface area (TPSA) is 0 Å². The van der Waals surface area contributed by atoms with Crippen LogP contribution in [0.1, 0.15) is 40.5 Å². The molecule has 0 N–H and O–H groups in total. The standard InChI is InChI=1S/C20H17.2ClH.Zr/c1-3-7-19-15(5-1)9-11-17(19)13-14-18-12-10-16-6-2-4-8-20(16)18;;;/h1-13,17-18H,14H2;2*1H;/q;;;+2/p-2. The van der Waals surface area contributed by atoms with E-state index in [1.165, 1.54) is 22.3 Å². The van der Waals surface area contributed by atoms with E-state index < -0.39 is 19.4 Å². The molecule has 2 aliphatic carbocycles. The Balaban J connectivity index is 1.62. The fraction of sp³-hybridized carbons (Fsp3) is 0.200. The molecule has 4 rings (SSSR count). The van der Waals surface area contributed by atoms with E-state index in [0.717, 1.165) is 6.42 Å². The summed E-state index contributed by atoms with van der Waals surface area (Å²) in [6.07, 6.45) is 10.2. The molecule has 0 spiro atoms. The number of fused-ring (bicyclic) bond motifs is 2. The van der Waals surface area contributed by atoms with Gasteiger partial charge in [0.2, 0.25) is 0 Å². The molecule has 0 fully saturated rings. The van der Waals surface area contributed by atoms with Gasteiger partial charge in [0.25, 0.3) is 0 Å². The van der Waals surface area contributed by atoms with Crippen LogP contribution in [0.5, 0.6) is 0 Å². The second kappa shape index (κ2) is 6.71. The molecule has 0 nitrogen and oxygen atoms in total. The van der Waals surface area contributed by atoms with Gasteiger partial charge in [0.1, 0.15) is 0 Å². The summed E-state index contributed by atoms with van der Waals surface area (Å²) in [6.45, 7) is 0. The van der Waals surface area contributed by atoms with Crippen molar-refractivity contribution in [1.29, 1.82) is 0 Å². The van der Waals surface area contributed by atoms with E-state index in [1.807, 2.05) is 0 Å². The molecule has 2 aromatic rings. The number of rotatable bonds is 4. The van der Waals surface area contributed by atoms with Crippen LogP contribution in [-0.2, 0) is 19.4 Å². The molecule has 0 heterocycles. The van der Waals surface area contributed by atoms with Crippen molar-refractivity contribution in [2.45, 2.75) is 21.9 Å². The van der Waals surface area contributed by atoms with Gasteiger partial charge >= 0.3 is 153 Å². The van der Waals surface area contributed by atoms with Gasteiger partial charge in [-0.25, -0.2) is 0 Å². The first-order chi connectivity index (χ1) is 11.2. The van der Waals surface area contributed by atoms with E-state index in [0.29, 0.717) is 15.5 Å². The maximum atomic E-state index is 6.60. The first kappa shape index (κ1) is 15.9. The summed E-state index contributed by atoms with van der Waals surface area (Å²) in [5.41, 5.74) is 5.48. The molecule has 0 saturated carbocycles. The van der Waals surface area contributed by atoms with E-state index in [-0.39, 0.29) is 0 Å². The number of hydrogen-bond acceptors (Lipinski definition) is 0. The third-order valence-electron chi connectivity index (χ3n) is 4.96. The van der Waals surface area contributed by atoms with Crippen LogP contribution in [0.2, 0.25) is 3.63 Å². The van der Waals surface area contributed by atoms with Gasteiger partial charge in [-0.05, 0) is 0 Å². The summed E-state index contributed by atoms with van der Waals surface area (Å²) >= 11 is -2.40. The van der Waals surface area contributed by atoms with Crippen molar-refractivity contribution in [2.75, 3.05) is 0 Å². The van der Waals surface area contributed by atoms with Crippen LogP contribution in [0.4, 0.5) is 0 Å². The van der Waals surface area contributed by atoms with Crippen LogP contribution >= 0.6 is 17.0 Å². The molecule has 23 heavy (non-hydrogen) atoms. The van der Waals surface area contributed by atoms with Crippen molar-refractivity contribution in [3.05, 3.63) is 82.9 Å². The second-order valence-corrected chi connectivity index (χ2v) is 15.4. The molecule has 0 amide bonds. The van der Waals surface area contributed by atoms with E-state index in [1.54, 1.807) is 0 Å². The van der Waals surface area contributed by atoms with Crippen molar-refractivity contribution in [2.24, 2.45) is 0 Å². The molecule has 0 saturated heterocycles. The Bertz CT molecular complexity index is 779. The molecule has 3 unspecified atom stereocenters. The molecule has 3 atom stereocenters. The van der Waals surface area contributed by atoms with Crippen LogP contribution in [-0.4, -0.2) is 0 Å². The molecule has 115 valence electrons. The normalized spacial score (nSPS) is 22.0. The number of benzene rings is 2. The summed E-state index contributed by atoms with van der Waals surface area (Å²) in [5.74, 6) is 0.835. The Labute approximate surface area is 152 Å². The second-order valence-electron chi connectivity index (χ2n) is 6.24. The van der Waals surface area contributed by atoms with Crippen molar-refractivity contribution < 1.29 is 19.4 Å². The molecular formula is C20H17Cl2Zr. The molecule has 0 aliphatic heterocycles. The zero-order valence-electron chi connectivity index (χ0n) is 12.6. The van der Waals surface area contributed by atoms with Gasteiger partial charge in [-0.2, -0.15) is 0 Å². The summed E-state index contributed by atoms with van der Waals surface area (Å²) in [4.78, 5) is 0. The Morgan fingerprint density at radius 3 is 2.17 bits per heavy atom. The van der Waals surface area contributed by atoms with E-state index in [9.17, 15) is 0 Å². The molecule has 3 heteroatoms. The first-order valence-corrected chi connectivity index (χ1v) is 15.7. The van der Waals surface area contributed by atoms with Gasteiger partial charge in [0.15, 0.2) is 0 Å². The predicted molar refractivity (Wildman–Crippen MR) is 96.5 cm³/mol. The van der Waals surface area contributed by atoms with Crippen LogP contribution in [0, 0.1) is 0 Å². The molecule has 0 bridgehead atoms. The fourth-order valence-corrected chi connectivity index (χ4v) is 8.91. The van der Waals surface area contributed by atoms with Crippen molar-refractivity contribution in [3.8, 4) is 0 Å². The molecular weight excluding hydrogens is 402 g/mol. The van der Waals surface area contributed by atoms with Crippen LogP contribution in [0.15, 0.2) is 60.7 Å². The van der Waals surface area contributed by atoms with Gasteiger partial charge in [-0.1, -0.05) is 0 Å². The Morgan fingerprint density at radius 2 is 1.43 bits per heavy atom. The van der Waals surface area contributed by atoms with Gasteiger partial charge in [-0.3, -0.25) is 0 Å². The van der Waals surface area contributed by atoms with Gasteiger partial charge < -0.3 is 0 Å². The Morgan fingerprint density at radius 1 is 0.826 bits per heavy atom. The van der Waals surface area contributed by atoms with E-state index in [2.05, 4.69) is 72.8 Å². The summed E-state index contributed by atoms with van der Waals surface area (Å²) in [5, 5.41) is 0. The molecule has 2 aliphatic rings. The first-order valence-electron chi connectivity index (χ1n) is 7.96. The third-order valence-corrected chi connectivity index (χ3v) is 11.1. The number of allylic oxidation sites excluding steroid dienone is 2. The van der Waals surface area contributed by atoms with Crippen LogP contribution < -0.4 is 0 Å². The summed E-state index contributed by atoms with van der Waals surface area (Å²) in [7, 11) is 13.2. The molecule has 2 aromatic carbocycles. The molecule has 0 radical (unpaired) electrons. The van der Waals surface area contributed by atoms with Gasteiger partial charge in [0.05, 0.1) is 0 Å². The summed E-state index contributed by atoms with van der Waals surface area (Å²) in [6, 6.07) is 17.3. The fourth-order valence-electron chi connectivity index (χ4n) is 3.80. The Hall–Kier alpha value is -0.617. The van der Waals surface area contributed by atoms with Crippen molar-refractivity contribution in [3.63, 3.8) is 0 Å². The van der Waals surface area contributed by atoms with Gasteiger partial charge in [0, 0.05) is 0 Å². The SMILES string of the molecule is [Cl][Zr]([Cl])[CH](CC1C=Cc2ccccc21)C1C=Cc2ccccc21. The predicted octanol–water partition coefficient (Wildman–Crippen LogP) is 6.71.